The Morgan fingerprint density at radius 1 is 1.16 bits per heavy atom. The molecule has 9 heteroatoms. The quantitative estimate of drug-likeness (QED) is 0.277. The number of aromatic nitrogens is 2. The molecule has 37 heavy (non-hydrogen) atoms. The van der Waals surface area contributed by atoms with Crippen molar-refractivity contribution in [2.24, 2.45) is 5.10 Å². The Morgan fingerprint density at radius 3 is 2.78 bits per heavy atom. The fourth-order valence-corrected chi connectivity index (χ4v) is 5.61. The molecule has 1 N–H and O–H groups in total. The van der Waals surface area contributed by atoms with Crippen LogP contribution in [0.15, 0.2) is 58.7 Å². The lowest BCUT2D eigenvalue weighted by molar-refractivity contribution is -0.121. The van der Waals surface area contributed by atoms with E-state index < -0.39 is 5.91 Å². The second kappa shape index (κ2) is 11.0. The molecule has 0 saturated carbocycles. The molecule has 1 amide bonds. The SMILES string of the molecule is COc1cc(C=NNC(=O)Cn2cnc3sc4c(c3c2=O)CCCC4)ccc1OCc1ccc(C)cc1. The molecule has 0 aliphatic heterocycles. The summed E-state index contributed by atoms with van der Waals surface area (Å²) in [6.07, 6.45) is 7.07. The molecule has 0 atom stereocenters. The molecule has 0 fully saturated rings. The van der Waals surface area contributed by atoms with Crippen LogP contribution in [0, 0.1) is 6.92 Å². The van der Waals surface area contributed by atoms with Crippen molar-refractivity contribution in [2.75, 3.05) is 7.11 Å². The zero-order chi connectivity index (χ0) is 25.8. The molecule has 8 nitrogen and oxygen atoms in total. The molecular formula is C28H28N4O4S. The minimum atomic E-state index is -0.409. The van der Waals surface area contributed by atoms with Crippen LogP contribution in [0.25, 0.3) is 10.2 Å². The van der Waals surface area contributed by atoms with E-state index in [4.69, 9.17) is 9.47 Å². The molecular weight excluding hydrogens is 488 g/mol. The van der Waals surface area contributed by atoms with Gasteiger partial charge in [0.15, 0.2) is 11.5 Å². The van der Waals surface area contributed by atoms with Gasteiger partial charge in [-0.2, -0.15) is 5.10 Å². The van der Waals surface area contributed by atoms with Crippen molar-refractivity contribution in [1.82, 2.24) is 15.0 Å². The second-order valence-corrected chi connectivity index (χ2v) is 10.1. The van der Waals surface area contributed by atoms with E-state index in [2.05, 4.69) is 15.5 Å². The summed E-state index contributed by atoms with van der Waals surface area (Å²) in [6, 6.07) is 13.6. The molecule has 0 unspecified atom stereocenters. The van der Waals surface area contributed by atoms with Crippen LogP contribution >= 0.6 is 11.3 Å². The second-order valence-electron chi connectivity index (χ2n) is 9.05. The summed E-state index contributed by atoms with van der Waals surface area (Å²) in [5, 5.41) is 4.70. The number of nitrogens with zero attached hydrogens (tertiary/aromatic N) is 3. The first kappa shape index (κ1) is 24.7. The highest BCUT2D eigenvalue weighted by atomic mass is 32.1. The van der Waals surface area contributed by atoms with Crippen molar-refractivity contribution in [3.63, 3.8) is 0 Å². The first-order valence-electron chi connectivity index (χ1n) is 12.2. The predicted molar refractivity (Wildman–Crippen MR) is 145 cm³/mol. The maximum absolute atomic E-state index is 13.0. The van der Waals surface area contributed by atoms with Gasteiger partial charge < -0.3 is 9.47 Å². The average Bonchev–Trinajstić information content (AvgIpc) is 3.29. The van der Waals surface area contributed by atoms with Gasteiger partial charge in [0.2, 0.25) is 0 Å². The minimum Gasteiger partial charge on any atom is -0.493 e. The van der Waals surface area contributed by atoms with Crippen LogP contribution in [0.2, 0.25) is 0 Å². The summed E-state index contributed by atoms with van der Waals surface area (Å²) in [4.78, 5) is 32.0. The van der Waals surface area contributed by atoms with Crippen molar-refractivity contribution in [3.8, 4) is 11.5 Å². The fraction of sp³-hybridized carbons (Fsp3) is 0.286. The number of thiophene rings is 1. The highest BCUT2D eigenvalue weighted by Gasteiger charge is 2.20. The lowest BCUT2D eigenvalue weighted by Gasteiger charge is -2.11. The number of methoxy groups -OCH3 is 1. The highest BCUT2D eigenvalue weighted by molar-refractivity contribution is 7.18. The number of fused-ring (bicyclic) bond motifs is 3. The standard InChI is InChI=1S/C28H28N4O4S/c1-18-7-9-19(10-8-18)16-36-22-12-11-20(13-23(22)35-2)14-30-31-25(33)15-32-17-29-27-26(28(32)34)21-5-3-4-6-24(21)37-27/h7-14,17H,3-6,15-16H2,1-2H3,(H,31,33). The number of benzene rings is 2. The fourth-order valence-electron chi connectivity index (χ4n) is 4.39. The van der Waals surface area contributed by atoms with Crippen molar-refractivity contribution in [3.05, 3.63) is 86.3 Å². The van der Waals surface area contributed by atoms with Gasteiger partial charge in [-0.1, -0.05) is 29.8 Å². The molecule has 0 spiro atoms. The van der Waals surface area contributed by atoms with E-state index in [1.54, 1.807) is 30.6 Å². The summed E-state index contributed by atoms with van der Waals surface area (Å²) < 4.78 is 12.7. The Kier molecular flexibility index (Phi) is 7.32. The summed E-state index contributed by atoms with van der Waals surface area (Å²) in [5.41, 5.74) is 6.41. The maximum atomic E-state index is 13.0. The highest BCUT2D eigenvalue weighted by Crippen LogP contribution is 2.33. The minimum absolute atomic E-state index is 0.154. The number of carbonyl (C=O) groups excluding carboxylic acids is 1. The van der Waals surface area contributed by atoms with E-state index in [1.165, 1.54) is 27.5 Å². The van der Waals surface area contributed by atoms with Gasteiger partial charge in [0.05, 0.1) is 25.0 Å². The molecule has 2 aromatic carbocycles. The van der Waals surface area contributed by atoms with E-state index in [1.807, 2.05) is 37.3 Å². The summed E-state index contributed by atoms with van der Waals surface area (Å²) in [7, 11) is 1.57. The van der Waals surface area contributed by atoms with Gasteiger partial charge in [-0.25, -0.2) is 10.4 Å². The normalized spacial score (nSPS) is 13.0. The largest absolute Gasteiger partial charge is 0.493 e. The number of amides is 1. The molecule has 190 valence electrons. The molecule has 0 saturated heterocycles. The van der Waals surface area contributed by atoms with Crippen molar-refractivity contribution < 1.29 is 14.3 Å². The smallest absolute Gasteiger partial charge is 0.262 e. The third-order valence-electron chi connectivity index (χ3n) is 6.36. The Labute approximate surface area is 218 Å². The van der Waals surface area contributed by atoms with Crippen molar-refractivity contribution >= 4 is 33.7 Å². The molecule has 1 aliphatic rings. The van der Waals surface area contributed by atoms with E-state index >= 15 is 0 Å². The van der Waals surface area contributed by atoms with Crippen LogP contribution in [0.4, 0.5) is 0 Å². The van der Waals surface area contributed by atoms with Gasteiger partial charge in [0, 0.05) is 4.88 Å². The average molecular weight is 517 g/mol. The lowest BCUT2D eigenvalue weighted by Crippen LogP contribution is -2.30. The van der Waals surface area contributed by atoms with Crippen molar-refractivity contribution in [2.45, 2.75) is 45.8 Å². The first-order chi connectivity index (χ1) is 18.0. The molecule has 2 aromatic heterocycles. The molecule has 0 bridgehead atoms. The van der Waals surface area contributed by atoms with E-state index in [-0.39, 0.29) is 12.1 Å². The van der Waals surface area contributed by atoms with E-state index in [0.29, 0.717) is 23.5 Å². The number of hydrazone groups is 1. The lowest BCUT2D eigenvalue weighted by atomic mass is 9.97. The van der Waals surface area contributed by atoms with Crippen LogP contribution in [-0.2, 0) is 30.8 Å². The Bertz CT molecular complexity index is 1520. The van der Waals surface area contributed by atoms with Gasteiger partial charge in [0.25, 0.3) is 11.5 Å². The van der Waals surface area contributed by atoms with Crippen molar-refractivity contribution in [1.29, 1.82) is 0 Å². The van der Waals surface area contributed by atoms with Crippen LogP contribution in [0.1, 0.15) is 40.0 Å². The summed E-state index contributed by atoms with van der Waals surface area (Å²) >= 11 is 1.59. The molecule has 5 rings (SSSR count). The van der Waals surface area contributed by atoms with Crippen LogP contribution in [-0.4, -0.2) is 28.8 Å². The Morgan fingerprint density at radius 2 is 1.97 bits per heavy atom. The Hall–Kier alpha value is -3.98. The number of hydrogen-bond acceptors (Lipinski definition) is 7. The maximum Gasteiger partial charge on any atom is 0.262 e. The third kappa shape index (κ3) is 5.56. The Balaban J connectivity index is 1.21. The molecule has 1 aliphatic carbocycles. The summed E-state index contributed by atoms with van der Waals surface area (Å²) in [6.45, 7) is 2.32. The van der Waals surface area contributed by atoms with Gasteiger partial charge >= 0.3 is 0 Å². The topological polar surface area (TPSA) is 94.8 Å². The third-order valence-corrected chi connectivity index (χ3v) is 7.56. The van der Waals surface area contributed by atoms with Crippen LogP contribution < -0.4 is 20.5 Å². The number of rotatable bonds is 8. The zero-order valence-electron chi connectivity index (χ0n) is 20.8. The van der Waals surface area contributed by atoms with Gasteiger partial charge in [-0.15, -0.1) is 11.3 Å². The molecule has 0 radical (unpaired) electrons. The van der Waals surface area contributed by atoms with E-state index in [0.717, 1.165) is 47.2 Å². The van der Waals surface area contributed by atoms with E-state index in [9.17, 15) is 9.59 Å². The summed E-state index contributed by atoms with van der Waals surface area (Å²) in [5.74, 6) is 0.767. The number of ether oxygens (including phenoxy) is 2. The molecule has 2 heterocycles. The molecule has 4 aromatic rings. The number of aryl methyl sites for hydroxylation is 3. The number of carbonyl (C=O) groups is 1. The van der Waals surface area contributed by atoms with Gasteiger partial charge in [-0.05, 0) is 67.5 Å². The van der Waals surface area contributed by atoms with Crippen LogP contribution in [0.3, 0.4) is 0 Å². The first-order valence-corrected chi connectivity index (χ1v) is 13.0. The zero-order valence-corrected chi connectivity index (χ0v) is 21.6. The van der Waals surface area contributed by atoms with Gasteiger partial charge in [0.1, 0.15) is 18.0 Å². The monoisotopic (exact) mass is 516 g/mol. The predicted octanol–water partition coefficient (Wildman–Crippen LogP) is 4.38. The number of hydrogen-bond donors (Lipinski definition) is 1. The van der Waals surface area contributed by atoms with Crippen LogP contribution in [0.5, 0.6) is 11.5 Å². The number of nitrogens with one attached hydrogen (secondary N) is 1. The van der Waals surface area contributed by atoms with Gasteiger partial charge in [-0.3, -0.25) is 14.2 Å².